The van der Waals surface area contributed by atoms with E-state index in [9.17, 15) is 9.59 Å². The molecule has 0 saturated carbocycles. The molecule has 2 aliphatic rings. The number of carbonyl (C=O) groups is 2. The van der Waals surface area contributed by atoms with Crippen LogP contribution in [0.2, 0.25) is 5.02 Å². The number of benzene rings is 1. The molecular weight excluding hydrogens is 394 g/mol. The Labute approximate surface area is 174 Å². The molecule has 3 amide bonds. The van der Waals surface area contributed by atoms with Gasteiger partial charge in [0, 0.05) is 42.8 Å². The minimum atomic E-state index is -0.164. The summed E-state index contributed by atoms with van der Waals surface area (Å²) in [7, 11) is 0. The van der Waals surface area contributed by atoms with Gasteiger partial charge in [0.2, 0.25) is 11.8 Å². The Morgan fingerprint density at radius 2 is 1.93 bits per heavy atom. The van der Waals surface area contributed by atoms with Crippen LogP contribution in [-0.4, -0.2) is 70.8 Å². The topological polar surface area (TPSA) is 78.9 Å². The van der Waals surface area contributed by atoms with Crippen LogP contribution in [0.4, 0.5) is 10.5 Å². The molecule has 0 bridgehead atoms. The number of anilines is 1. The minimum Gasteiger partial charge on any atom is -0.471 e. The summed E-state index contributed by atoms with van der Waals surface area (Å²) in [5.74, 6) is 0.389. The molecule has 2 saturated heterocycles. The number of halogens is 1. The zero-order valence-electron chi connectivity index (χ0n) is 16.1. The lowest BCUT2D eigenvalue weighted by Crippen LogP contribution is -2.42. The van der Waals surface area contributed by atoms with Crippen LogP contribution in [0.5, 0.6) is 5.88 Å². The standard InChI is InChI=1S/C20H22ClN5O3/c1-14-2-7-18(23-22-14)29-17-8-9-24(12-17)19(27)13-25-10-11-26(20(25)28)16-5-3-15(21)4-6-16/h2-7,17H,8-13H2,1H3. The number of hydrogen-bond acceptors (Lipinski definition) is 5. The van der Waals surface area contributed by atoms with Crippen molar-refractivity contribution in [2.75, 3.05) is 37.6 Å². The molecule has 2 aliphatic heterocycles. The fourth-order valence-electron chi connectivity index (χ4n) is 3.52. The molecule has 9 heteroatoms. The van der Waals surface area contributed by atoms with E-state index in [-0.39, 0.29) is 24.6 Å². The van der Waals surface area contributed by atoms with Gasteiger partial charge in [-0.2, -0.15) is 5.10 Å². The van der Waals surface area contributed by atoms with Crippen LogP contribution < -0.4 is 9.64 Å². The lowest BCUT2D eigenvalue weighted by molar-refractivity contribution is -0.130. The van der Waals surface area contributed by atoms with Crippen molar-refractivity contribution in [1.29, 1.82) is 0 Å². The number of amides is 3. The molecule has 1 unspecified atom stereocenters. The van der Waals surface area contributed by atoms with Gasteiger partial charge < -0.3 is 14.5 Å². The van der Waals surface area contributed by atoms with E-state index in [1.165, 1.54) is 0 Å². The summed E-state index contributed by atoms with van der Waals surface area (Å²) < 4.78 is 5.82. The van der Waals surface area contributed by atoms with Crippen LogP contribution in [0.1, 0.15) is 12.1 Å². The largest absolute Gasteiger partial charge is 0.471 e. The predicted octanol–water partition coefficient (Wildman–Crippen LogP) is 2.36. The lowest BCUT2D eigenvalue weighted by Gasteiger charge is -2.22. The normalized spacial score (nSPS) is 19.2. The van der Waals surface area contributed by atoms with Crippen LogP contribution in [0.15, 0.2) is 36.4 Å². The highest BCUT2D eigenvalue weighted by atomic mass is 35.5. The van der Waals surface area contributed by atoms with Crippen molar-refractivity contribution < 1.29 is 14.3 Å². The van der Waals surface area contributed by atoms with E-state index >= 15 is 0 Å². The first kappa shape index (κ1) is 19.4. The highest BCUT2D eigenvalue weighted by molar-refractivity contribution is 6.30. The van der Waals surface area contributed by atoms with Gasteiger partial charge >= 0.3 is 6.03 Å². The molecule has 1 aromatic carbocycles. The van der Waals surface area contributed by atoms with Crippen LogP contribution in [0.25, 0.3) is 0 Å². The van der Waals surface area contributed by atoms with E-state index in [2.05, 4.69) is 10.2 Å². The maximum absolute atomic E-state index is 12.7. The van der Waals surface area contributed by atoms with Gasteiger partial charge in [0.25, 0.3) is 0 Å². The van der Waals surface area contributed by atoms with Gasteiger partial charge in [0.15, 0.2) is 0 Å². The van der Waals surface area contributed by atoms with Crippen LogP contribution >= 0.6 is 11.6 Å². The average molecular weight is 416 g/mol. The molecule has 3 heterocycles. The molecule has 1 aromatic heterocycles. The Morgan fingerprint density at radius 1 is 1.14 bits per heavy atom. The number of ether oxygens (including phenoxy) is 1. The summed E-state index contributed by atoms with van der Waals surface area (Å²) in [5, 5.41) is 8.60. The smallest absolute Gasteiger partial charge is 0.325 e. The van der Waals surface area contributed by atoms with E-state index in [0.29, 0.717) is 37.1 Å². The number of carbonyl (C=O) groups excluding carboxylic acids is 2. The Bertz CT molecular complexity index is 890. The average Bonchev–Trinajstić information content (AvgIpc) is 3.32. The Balaban J connectivity index is 1.30. The quantitative estimate of drug-likeness (QED) is 0.749. The van der Waals surface area contributed by atoms with Gasteiger partial charge in [-0.1, -0.05) is 11.6 Å². The third-order valence-corrected chi connectivity index (χ3v) is 5.37. The van der Waals surface area contributed by atoms with Crippen molar-refractivity contribution >= 4 is 29.2 Å². The van der Waals surface area contributed by atoms with Gasteiger partial charge in [-0.15, -0.1) is 5.10 Å². The van der Waals surface area contributed by atoms with Gasteiger partial charge in [-0.05, 0) is 37.3 Å². The van der Waals surface area contributed by atoms with Gasteiger partial charge in [-0.3, -0.25) is 9.69 Å². The van der Waals surface area contributed by atoms with Crippen molar-refractivity contribution in [1.82, 2.24) is 20.0 Å². The molecule has 152 valence electrons. The molecule has 2 fully saturated rings. The number of urea groups is 1. The fraction of sp³-hybridized carbons (Fsp3) is 0.400. The van der Waals surface area contributed by atoms with E-state index in [0.717, 1.165) is 17.8 Å². The van der Waals surface area contributed by atoms with Crippen molar-refractivity contribution in [3.63, 3.8) is 0 Å². The van der Waals surface area contributed by atoms with Crippen LogP contribution in [-0.2, 0) is 4.79 Å². The molecule has 1 atom stereocenters. The van der Waals surface area contributed by atoms with Gasteiger partial charge in [0.1, 0.15) is 12.6 Å². The van der Waals surface area contributed by atoms with E-state index in [1.54, 1.807) is 32.9 Å². The second kappa shape index (κ2) is 8.24. The van der Waals surface area contributed by atoms with Crippen LogP contribution in [0, 0.1) is 6.92 Å². The SMILES string of the molecule is Cc1ccc(OC2CCN(C(=O)CN3CCN(c4ccc(Cl)cc4)C3=O)C2)nn1. The summed E-state index contributed by atoms with van der Waals surface area (Å²) in [6, 6.07) is 10.6. The Hall–Kier alpha value is -2.87. The van der Waals surface area contributed by atoms with Crippen LogP contribution in [0.3, 0.4) is 0 Å². The zero-order valence-corrected chi connectivity index (χ0v) is 16.9. The van der Waals surface area contributed by atoms with Crippen molar-refractivity contribution in [3.05, 3.63) is 47.1 Å². The fourth-order valence-corrected chi connectivity index (χ4v) is 3.65. The summed E-state index contributed by atoms with van der Waals surface area (Å²) in [4.78, 5) is 30.4. The third kappa shape index (κ3) is 4.42. The number of rotatable bonds is 5. The molecule has 0 radical (unpaired) electrons. The molecule has 4 rings (SSSR count). The third-order valence-electron chi connectivity index (χ3n) is 5.12. The monoisotopic (exact) mass is 415 g/mol. The first-order chi connectivity index (χ1) is 14.0. The van der Waals surface area contributed by atoms with Crippen molar-refractivity contribution in [2.45, 2.75) is 19.4 Å². The van der Waals surface area contributed by atoms with Gasteiger partial charge in [-0.25, -0.2) is 4.79 Å². The van der Waals surface area contributed by atoms with E-state index in [1.807, 2.05) is 25.1 Å². The molecule has 0 N–H and O–H groups in total. The number of aromatic nitrogens is 2. The predicted molar refractivity (Wildman–Crippen MR) is 108 cm³/mol. The van der Waals surface area contributed by atoms with Gasteiger partial charge in [0.05, 0.1) is 12.2 Å². The Kier molecular flexibility index (Phi) is 5.53. The number of hydrogen-bond donors (Lipinski definition) is 0. The molecule has 8 nitrogen and oxygen atoms in total. The van der Waals surface area contributed by atoms with Crippen molar-refractivity contribution in [2.24, 2.45) is 0 Å². The molecule has 2 aromatic rings. The zero-order chi connectivity index (χ0) is 20.4. The molecule has 29 heavy (non-hydrogen) atoms. The number of nitrogens with zero attached hydrogens (tertiary/aromatic N) is 5. The van der Waals surface area contributed by atoms with Crippen molar-refractivity contribution in [3.8, 4) is 5.88 Å². The minimum absolute atomic E-state index is 0.0694. The molecular formula is C20H22ClN5O3. The highest BCUT2D eigenvalue weighted by Crippen LogP contribution is 2.23. The van der Waals surface area contributed by atoms with E-state index < -0.39 is 0 Å². The summed E-state index contributed by atoms with van der Waals surface area (Å²) >= 11 is 5.91. The number of aryl methyl sites for hydroxylation is 1. The Morgan fingerprint density at radius 3 is 2.66 bits per heavy atom. The number of likely N-dealkylation sites (tertiary alicyclic amines) is 1. The summed E-state index contributed by atoms with van der Waals surface area (Å²) in [6.45, 7) is 4.08. The molecule has 0 spiro atoms. The maximum atomic E-state index is 12.7. The van der Waals surface area contributed by atoms with E-state index in [4.69, 9.17) is 16.3 Å². The molecule has 0 aliphatic carbocycles. The first-order valence-corrected chi connectivity index (χ1v) is 9.94. The summed E-state index contributed by atoms with van der Waals surface area (Å²) in [6.07, 6.45) is 0.613. The second-order valence-corrected chi connectivity index (χ2v) is 7.65. The second-order valence-electron chi connectivity index (χ2n) is 7.21. The highest BCUT2D eigenvalue weighted by Gasteiger charge is 2.34. The first-order valence-electron chi connectivity index (χ1n) is 9.56. The lowest BCUT2D eigenvalue weighted by atomic mass is 10.3. The summed E-state index contributed by atoms with van der Waals surface area (Å²) in [5.41, 5.74) is 1.60. The maximum Gasteiger partial charge on any atom is 0.325 e.